The summed E-state index contributed by atoms with van der Waals surface area (Å²) in [4.78, 5) is 29.8. The Hall–Kier alpha value is -3.60. The molecule has 2 amide bonds. The number of nitrogens with one attached hydrogen (secondary N) is 1. The number of benzene rings is 3. The third kappa shape index (κ3) is 3.92. The van der Waals surface area contributed by atoms with E-state index in [1.54, 1.807) is 30.3 Å². The second-order valence-electron chi connectivity index (χ2n) is 7.57. The molecule has 0 aliphatic carbocycles. The first-order valence-corrected chi connectivity index (χ1v) is 10.1. The molecule has 3 aromatic rings. The highest BCUT2D eigenvalue weighted by molar-refractivity contribution is 6.09. The topological polar surface area (TPSA) is 52.7 Å². The number of anilines is 3. The minimum atomic E-state index is -0.156. The van der Waals surface area contributed by atoms with Crippen LogP contribution >= 0.6 is 0 Å². The predicted molar refractivity (Wildman–Crippen MR) is 122 cm³/mol. The van der Waals surface area contributed by atoms with Gasteiger partial charge in [0.2, 0.25) is 0 Å². The van der Waals surface area contributed by atoms with Crippen LogP contribution in [-0.2, 0) is 0 Å². The number of hydrogen-bond acceptors (Lipinski definition) is 3. The fourth-order valence-electron chi connectivity index (χ4n) is 3.81. The lowest BCUT2D eigenvalue weighted by Gasteiger charge is -2.24. The van der Waals surface area contributed by atoms with E-state index in [2.05, 4.69) is 17.3 Å². The van der Waals surface area contributed by atoms with Gasteiger partial charge in [0, 0.05) is 37.0 Å². The molecule has 0 bridgehead atoms. The Morgan fingerprint density at radius 2 is 1.50 bits per heavy atom. The number of aryl methyl sites for hydroxylation is 1. The molecule has 30 heavy (non-hydrogen) atoms. The Balaban J connectivity index is 1.53. The number of rotatable bonds is 3. The third-order valence-electron chi connectivity index (χ3n) is 5.48. The Labute approximate surface area is 176 Å². The second-order valence-corrected chi connectivity index (χ2v) is 7.57. The molecule has 0 aromatic heterocycles. The number of amides is 2. The minimum Gasteiger partial charge on any atom is -0.373 e. The van der Waals surface area contributed by atoms with Gasteiger partial charge in [0.15, 0.2) is 0 Å². The molecule has 1 aliphatic heterocycles. The van der Waals surface area contributed by atoms with Crippen LogP contribution < -0.4 is 15.1 Å². The monoisotopic (exact) mass is 399 g/mol. The quantitative estimate of drug-likeness (QED) is 0.692. The van der Waals surface area contributed by atoms with E-state index in [9.17, 15) is 9.59 Å². The molecule has 1 aliphatic rings. The van der Waals surface area contributed by atoms with Crippen LogP contribution in [0.1, 0.15) is 32.7 Å². The van der Waals surface area contributed by atoms with Gasteiger partial charge in [-0.3, -0.25) is 9.59 Å². The first-order chi connectivity index (χ1) is 14.5. The molecular weight excluding hydrogens is 374 g/mol. The molecule has 0 atom stereocenters. The lowest BCUT2D eigenvalue weighted by Crippen LogP contribution is -2.31. The largest absolute Gasteiger partial charge is 0.373 e. The van der Waals surface area contributed by atoms with E-state index in [-0.39, 0.29) is 11.8 Å². The molecule has 3 aromatic carbocycles. The lowest BCUT2D eigenvalue weighted by molar-refractivity contribution is 0.0986. The van der Waals surface area contributed by atoms with Crippen LogP contribution in [0.4, 0.5) is 17.1 Å². The standard InChI is InChI=1S/C25H25N3O2/c1-18-8-3-4-9-21(18)24(29)26-20-14-12-19(13-15-20)25(30)28-17-7-16-27(2)22-10-5-6-11-23(22)28/h3-6,8-15H,7,16-17H2,1-2H3,(H,26,29). The smallest absolute Gasteiger partial charge is 0.258 e. The molecule has 5 heteroatoms. The fraction of sp³-hybridized carbons (Fsp3) is 0.200. The zero-order valence-electron chi connectivity index (χ0n) is 17.3. The summed E-state index contributed by atoms with van der Waals surface area (Å²) in [7, 11) is 2.05. The van der Waals surface area contributed by atoms with Gasteiger partial charge in [-0.1, -0.05) is 30.3 Å². The Morgan fingerprint density at radius 1 is 0.833 bits per heavy atom. The number of para-hydroxylation sites is 2. The van der Waals surface area contributed by atoms with Crippen molar-refractivity contribution in [3.63, 3.8) is 0 Å². The Kier molecular flexibility index (Phi) is 5.53. The van der Waals surface area contributed by atoms with Crippen molar-refractivity contribution in [3.8, 4) is 0 Å². The van der Waals surface area contributed by atoms with E-state index in [4.69, 9.17) is 0 Å². The van der Waals surface area contributed by atoms with Crippen molar-refractivity contribution in [2.45, 2.75) is 13.3 Å². The number of nitrogens with zero attached hydrogens (tertiary/aromatic N) is 2. The van der Waals surface area contributed by atoms with E-state index < -0.39 is 0 Å². The second kappa shape index (κ2) is 8.41. The van der Waals surface area contributed by atoms with Crippen LogP contribution in [0, 0.1) is 6.92 Å². The van der Waals surface area contributed by atoms with E-state index in [1.807, 2.05) is 54.3 Å². The summed E-state index contributed by atoms with van der Waals surface area (Å²) >= 11 is 0. The van der Waals surface area contributed by atoms with Crippen molar-refractivity contribution in [2.24, 2.45) is 0 Å². The number of fused-ring (bicyclic) bond motifs is 1. The lowest BCUT2D eigenvalue weighted by atomic mass is 10.1. The number of carbonyl (C=O) groups is 2. The molecule has 4 rings (SSSR count). The van der Waals surface area contributed by atoms with Crippen molar-refractivity contribution < 1.29 is 9.59 Å². The van der Waals surface area contributed by atoms with E-state index in [0.29, 0.717) is 23.4 Å². The van der Waals surface area contributed by atoms with Crippen LogP contribution in [-0.4, -0.2) is 32.0 Å². The third-order valence-corrected chi connectivity index (χ3v) is 5.48. The average molecular weight is 399 g/mol. The summed E-state index contributed by atoms with van der Waals surface area (Å²) in [5, 5.41) is 2.91. The molecule has 1 N–H and O–H groups in total. The maximum atomic E-state index is 13.2. The predicted octanol–water partition coefficient (Wildman–Crippen LogP) is 4.73. The molecule has 0 unspecified atom stereocenters. The van der Waals surface area contributed by atoms with Gasteiger partial charge in [-0.25, -0.2) is 0 Å². The highest BCUT2D eigenvalue weighted by Crippen LogP contribution is 2.32. The Bertz CT molecular complexity index is 1080. The van der Waals surface area contributed by atoms with Crippen LogP contribution in [0.2, 0.25) is 0 Å². The van der Waals surface area contributed by atoms with E-state index in [0.717, 1.165) is 29.9 Å². The average Bonchev–Trinajstić information content (AvgIpc) is 2.93. The van der Waals surface area contributed by atoms with Crippen molar-refractivity contribution >= 4 is 28.9 Å². The van der Waals surface area contributed by atoms with Crippen molar-refractivity contribution in [1.29, 1.82) is 0 Å². The summed E-state index contributed by atoms with van der Waals surface area (Å²) in [6.07, 6.45) is 0.904. The maximum Gasteiger partial charge on any atom is 0.258 e. The molecule has 1 heterocycles. The maximum absolute atomic E-state index is 13.2. The molecule has 0 radical (unpaired) electrons. The number of carbonyl (C=O) groups excluding carboxylic acids is 2. The van der Waals surface area contributed by atoms with Gasteiger partial charge in [-0.15, -0.1) is 0 Å². The van der Waals surface area contributed by atoms with Crippen molar-refractivity contribution in [2.75, 3.05) is 35.3 Å². The fourth-order valence-corrected chi connectivity index (χ4v) is 3.81. The first kappa shape index (κ1) is 19.7. The highest BCUT2D eigenvalue weighted by atomic mass is 16.2. The van der Waals surface area contributed by atoms with E-state index >= 15 is 0 Å². The summed E-state index contributed by atoms with van der Waals surface area (Å²) in [6, 6.07) is 22.6. The highest BCUT2D eigenvalue weighted by Gasteiger charge is 2.24. The van der Waals surface area contributed by atoms with Crippen LogP contribution in [0.15, 0.2) is 72.8 Å². The minimum absolute atomic E-state index is 0.0328. The summed E-state index contributed by atoms with van der Waals surface area (Å²) in [6.45, 7) is 3.49. The molecule has 0 saturated heterocycles. The summed E-state index contributed by atoms with van der Waals surface area (Å²) in [5.74, 6) is -0.189. The van der Waals surface area contributed by atoms with Gasteiger partial charge in [0.1, 0.15) is 0 Å². The molecule has 5 nitrogen and oxygen atoms in total. The van der Waals surface area contributed by atoms with Crippen LogP contribution in [0.5, 0.6) is 0 Å². The number of hydrogen-bond donors (Lipinski definition) is 1. The Morgan fingerprint density at radius 3 is 2.23 bits per heavy atom. The zero-order chi connectivity index (χ0) is 21.1. The van der Waals surface area contributed by atoms with Gasteiger partial charge in [-0.2, -0.15) is 0 Å². The first-order valence-electron chi connectivity index (χ1n) is 10.1. The molecule has 0 fully saturated rings. The SMILES string of the molecule is Cc1ccccc1C(=O)Nc1ccc(C(=O)N2CCCN(C)c3ccccc32)cc1. The van der Waals surface area contributed by atoms with Crippen molar-refractivity contribution in [3.05, 3.63) is 89.5 Å². The van der Waals surface area contributed by atoms with Gasteiger partial charge < -0.3 is 15.1 Å². The molecular formula is C25H25N3O2. The molecule has 0 spiro atoms. The summed E-state index contributed by atoms with van der Waals surface area (Å²) in [5.41, 5.74) is 4.82. The summed E-state index contributed by atoms with van der Waals surface area (Å²) < 4.78 is 0. The molecule has 0 saturated carbocycles. The normalized spacial score (nSPS) is 13.4. The van der Waals surface area contributed by atoms with Gasteiger partial charge in [0.25, 0.3) is 11.8 Å². The van der Waals surface area contributed by atoms with Crippen LogP contribution in [0.25, 0.3) is 0 Å². The van der Waals surface area contributed by atoms with Crippen LogP contribution in [0.3, 0.4) is 0 Å². The van der Waals surface area contributed by atoms with Crippen molar-refractivity contribution in [1.82, 2.24) is 0 Å². The molecule has 152 valence electrons. The van der Waals surface area contributed by atoms with E-state index in [1.165, 1.54) is 0 Å². The van der Waals surface area contributed by atoms with Gasteiger partial charge in [-0.05, 0) is 61.4 Å². The zero-order valence-corrected chi connectivity index (χ0v) is 17.3. The van der Waals surface area contributed by atoms with Gasteiger partial charge >= 0.3 is 0 Å². The van der Waals surface area contributed by atoms with Gasteiger partial charge in [0.05, 0.1) is 11.4 Å².